The zero-order chi connectivity index (χ0) is 26.4. The molecular weight excluding hydrogens is 503 g/mol. The number of nitrogens with two attached hydrogens (primary N) is 1. The minimum Gasteiger partial charge on any atom is -0.467 e. The molecule has 3 aromatic carbocycles. The van der Waals surface area contributed by atoms with Gasteiger partial charge in [0.15, 0.2) is 0 Å². The summed E-state index contributed by atoms with van der Waals surface area (Å²) >= 11 is 12.2. The molecule has 36 heavy (non-hydrogen) atoms. The summed E-state index contributed by atoms with van der Waals surface area (Å²) in [7, 11) is 4.98. The Labute approximate surface area is 219 Å². The lowest BCUT2D eigenvalue weighted by Crippen LogP contribution is -2.43. The van der Waals surface area contributed by atoms with Crippen molar-refractivity contribution in [2.75, 3.05) is 37.2 Å². The molecule has 4 N–H and O–H groups in total. The Kier molecular flexibility index (Phi) is 8.79. The third-order valence-corrected chi connectivity index (χ3v) is 6.06. The van der Waals surface area contributed by atoms with E-state index in [4.69, 9.17) is 33.7 Å². The lowest BCUT2D eigenvalue weighted by Gasteiger charge is -2.18. The van der Waals surface area contributed by atoms with Crippen LogP contribution in [0.25, 0.3) is 0 Å². The number of benzene rings is 3. The topological polar surface area (TPSA) is 114 Å². The molecule has 0 radical (unpaired) electrons. The van der Waals surface area contributed by atoms with Gasteiger partial charge in [0.2, 0.25) is 0 Å². The number of nitrogen functional groups attached to an aromatic ring is 1. The molecule has 0 saturated carbocycles. The van der Waals surface area contributed by atoms with Gasteiger partial charge >= 0.3 is 5.97 Å². The van der Waals surface area contributed by atoms with E-state index in [0.29, 0.717) is 16.9 Å². The highest BCUT2D eigenvalue weighted by Crippen LogP contribution is 2.25. The van der Waals surface area contributed by atoms with Crippen molar-refractivity contribution in [1.82, 2.24) is 5.32 Å². The third kappa shape index (κ3) is 6.47. The highest BCUT2D eigenvalue weighted by Gasteiger charge is 2.25. The highest BCUT2D eigenvalue weighted by molar-refractivity contribution is 6.39. The summed E-state index contributed by atoms with van der Waals surface area (Å²) in [5.74, 6) is -1.57. The highest BCUT2D eigenvalue weighted by atomic mass is 35.5. The summed E-state index contributed by atoms with van der Waals surface area (Å²) in [5.41, 5.74) is 8.90. The molecule has 0 bridgehead atoms. The maximum absolute atomic E-state index is 12.8. The van der Waals surface area contributed by atoms with Gasteiger partial charge < -0.3 is 26.0 Å². The van der Waals surface area contributed by atoms with Gasteiger partial charge in [0.05, 0.1) is 28.3 Å². The SMILES string of the molecule is COC(=O)[C@H](Cc1ccc(NC(=O)c2cc(N(C)C)ccc2N)cc1)NC(=O)c1c(Cl)cccc1Cl. The molecule has 0 spiro atoms. The van der Waals surface area contributed by atoms with E-state index in [1.165, 1.54) is 19.2 Å². The lowest BCUT2D eigenvalue weighted by atomic mass is 10.0. The molecule has 0 aliphatic heterocycles. The van der Waals surface area contributed by atoms with E-state index in [-0.39, 0.29) is 27.9 Å². The Hall–Kier alpha value is -3.75. The number of methoxy groups -OCH3 is 1. The number of nitrogens with zero attached hydrogens (tertiary/aromatic N) is 1. The second-order valence-corrected chi connectivity index (χ2v) is 8.98. The molecular formula is C26H26Cl2N4O4. The van der Waals surface area contributed by atoms with Crippen molar-refractivity contribution in [2.24, 2.45) is 0 Å². The number of rotatable bonds is 8. The number of carbonyl (C=O) groups excluding carboxylic acids is 3. The van der Waals surface area contributed by atoms with Crippen LogP contribution in [0.1, 0.15) is 26.3 Å². The minimum absolute atomic E-state index is 0.0744. The van der Waals surface area contributed by atoms with E-state index >= 15 is 0 Å². The third-order valence-electron chi connectivity index (χ3n) is 5.43. The van der Waals surface area contributed by atoms with Gasteiger partial charge in [-0.1, -0.05) is 41.4 Å². The first-order valence-corrected chi connectivity index (χ1v) is 11.7. The van der Waals surface area contributed by atoms with Gasteiger partial charge in [0.25, 0.3) is 11.8 Å². The van der Waals surface area contributed by atoms with Gasteiger partial charge in [0, 0.05) is 37.6 Å². The lowest BCUT2D eigenvalue weighted by molar-refractivity contribution is -0.142. The number of esters is 1. The maximum Gasteiger partial charge on any atom is 0.328 e. The molecule has 0 fully saturated rings. The van der Waals surface area contributed by atoms with E-state index in [1.54, 1.807) is 42.5 Å². The first-order valence-electron chi connectivity index (χ1n) is 10.9. The van der Waals surface area contributed by atoms with Crippen molar-refractivity contribution >= 4 is 58.0 Å². The van der Waals surface area contributed by atoms with Crippen LogP contribution in [0.3, 0.4) is 0 Å². The molecule has 1 atom stereocenters. The van der Waals surface area contributed by atoms with Crippen molar-refractivity contribution in [3.63, 3.8) is 0 Å². The summed E-state index contributed by atoms with van der Waals surface area (Å²) in [4.78, 5) is 39.8. The normalized spacial score (nSPS) is 11.4. The number of ether oxygens (including phenoxy) is 1. The predicted octanol–water partition coefficient (Wildman–Crippen LogP) is 4.41. The number of amides is 2. The van der Waals surface area contributed by atoms with Crippen molar-refractivity contribution in [1.29, 1.82) is 0 Å². The van der Waals surface area contributed by atoms with E-state index in [0.717, 1.165) is 11.3 Å². The average molecular weight is 529 g/mol. The Bertz CT molecular complexity index is 1260. The number of anilines is 3. The summed E-state index contributed by atoms with van der Waals surface area (Å²) in [6, 6.07) is 15.8. The summed E-state index contributed by atoms with van der Waals surface area (Å²) in [6.07, 6.45) is 0.145. The first kappa shape index (κ1) is 26.8. The molecule has 0 aliphatic carbocycles. The molecule has 0 unspecified atom stereocenters. The molecule has 188 valence electrons. The van der Waals surface area contributed by atoms with E-state index < -0.39 is 17.9 Å². The summed E-state index contributed by atoms with van der Waals surface area (Å²) in [6.45, 7) is 0. The molecule has 0 aliphatic rings. The van der Waals surface area contributed by atoms with Crippen LogP contribution in [0.15, 0.2) is 60.7 Å². The van der Waals surface area contributed by atoms with Gasteiger partial charge in [-0.3, -0.25) is 9.59 Å². The number of nitrogens with one attached hydrogen (secondary N) is 2. The second kappa shape index (κ2) is 11.8. The molecule has 10 heteroatoms. The van der Waals surface area contributed by atoms with Crippen LogP contribution in [0, 0.1) is 0 Å². The molecule has 3 rings (SSSR count). The smallest absolute Gasteiger partial charge is 0.328 e. The van der Waals surface area contributed by atoms with Crippen LogP contribution in [0.2, 0.25) is 10.0 Å². The van der Waals surface area contributed by atoms with Crippen LogP contribution in [0.4, 0.5) is 17.1 Å². The molecule has 3 aromatic rings. The summed E-state index contributed by atoms with van der Waals surface area (Å²) < 4.78 is 4.85. The van der Waals surface area contributed by atoms with Crippen molar-refractivity contribution in [3.05, 3.63) is 87.4 Å². The standard InChI is InChI=1S/C26H26Cl2N4O4/c1-32(2)17-11-12-21(29)18(14-17)24(33)30-16-9-7-15(8-10-16)13-22(26(35)36-3)31-25(34)23-19(27)5-4-6-20(23)28/h4-12,14,22H,13,29H2,1-3H3,(H,30,33)(H,31,34)/t22-/m0/s1. The van der Waals surface area contributed by atoms with Gasteiger partial charge in [-0.05, 0) is 48.0 Å². The fourth-order valence-corrected chi connectivity index (χ4v) is 4.03. The maximum atomic E-state index is 12.8. The second-order valence-electron chi connectivity index (χ2n) is 8.17. The molecule has 2 amide bonds. The molecule has 0 aromatic heterocycles. The molecule has 0 heterocycles. The van der Waals surface area contributed by atoms with Gasteiger partial charge in [0.1, 0.15) is 6.04 Å². The zero-order valence-corrected chi connectivity index (χ0v) is 21.5. The van der Waals surface area contributed by atoms with Gasteiger partial charge in [-0.25, -0.2) is 4.79 Å². The van der Waals surface area contributed by atoms with Crippen molar-refractivity contribution in [3.8, 4) is 0 Å². The Morgan fingerprint density at radius 1 is 0.972 bits per heavy atom. The van der Waals surface area contributed by atoms with E-state index in [2.05, 4.69) is 10.6 Å². The number of hydrogen-bond acceptors (Lipinski definition) is 6. The van der Waals surface area contributed by atoms with Crippen LogP contribution >= 0.6 is 23.2 Å². The Balaban J connectivity index is 1.72. The molecule has 0 saturated heterocycles. The molecule has 8 nitrogen and oxygen atoms in total. The van der Waals surface area contributed by atoms with Crippen molar-refractivity contribution < 1.29 is 19.1 Å². The number of hydrogen-bond donors (Lipinski definition) is 3. The van der Waals surface area contributed by atoms with Crippen LogP contribution in [-0.4, -0.2) is 45.0 Å². The first-order chi connectivity index (χ1) is 17.1. The summed E-state index contributed by atoms with van der Waals surface area (Å²) in [5, 5.41) is 5.78. The van der Waals surface area contributed by atoms with E-state index in [1.807, 2.05) is 25.1 Å². The van der Waals surface area contributed by atoms with Crippen LogP contribution < -0.4 is 21.3 Å². The Morgan fingerprint density at radius 3 is 2.19 bits per heavy atom. The minimum atomic E-state index is -0.983. The predicted molar refractivity (Wildman–Crippen MR) is 143 cm³/mol. The van der Waals surface area contributed by atoms with Gasteiger partial charge in [-0.15, -0.1) is 0 Å². The fourth-order valence-electron chi connectivity index (χ4n) is 3.46. The van der Waals surface area contributed by atoms with Crippen molar-refractivity contribution in [2.45, 2.75) is 12.5 Å². The zero-order valence-electron chi connectivity index (χ0n) is 20.0. The average Bonchev–Trinajstić information content (AvgIpc) is 2.84. The van der Waals surface area contributed by atoms with Crippen LogP contribution in [-0.2, 0) is 16.0 Å². The number of halogens is 2. The van der Waals surface area contributed by atoms with Crippen LogP contribution in [0.5, 0.6) is 0 Å². The fraction of sp³-hybridized carbons (Fsp3) is 0.192. The Morgan fingerprint density at radius 2 is 1.61 bits per heavy atom. The van der Waals surface area contributed by atoms with E-state index in [9.17, 15) is 14.4 Å². The largest absolute Gasteiger partial charge is 0.467 e. The van der Waals surface area contributed by atoms with Gasteiger partial charge in [-0.2, -0.15) is 0 Å². The monoisotopic (exact) mass is 528 g/mol. The number of carbonyl (C=O) groups is 3. The quantitative estimate of drug-likeness (QED) is 0.294.